The number of nitrogens with zero attached hydrogens (tertiary/aromatic N) is 2. The normalized spacial score (nSPS) is 10.3. The first-order valence-corrected chi connectivity index (χ1v) is 4.06. The summed E-state index contributed by atoms with van der Waals surface area (Å²) in [6.45, 7) is 4.21. The molecule has 3 nitrogen and oxygen atoms in total. The molecule has 0 unspecified atom stereocenters. The molecule has 0 aliphatic heterocycles. The second kappa shape index (κ2) is 3.43. The highest BCUT2D eigenvalue weighted by Gasteiger charge is 2.08. The Morgan fingerprint density at radius 1 is 1.50 bits per heavy atom. The highest BCUT2D eigenvalue weighted by Crippen LogP contribution is 2.18. The standard InChI is InChI=1S/C9H15N3/c1-7(2)12(3)9-8(10)5-4-6-11-9/h4-7H,10H2,1-3H3. The topological polar surface area (TPSA) is 42.2 Å². The van der Waals surface area contributed by atoms with Gasteiger partial charge in [0.05, 0.1) is 5.69 Å². The molecule has 1 aromatic heterocycles. The first-order valence-electron chi connectivity index (χ1n) is 4.06. The van der Waals surface area contributed by atoms with Crippen LogP contribution in [0, 0.1) is 0 Å². The van der Waals surface area contributed by atoms with E-state index in [1.165, 1.54) is 0 Å². The van der Waals surface area contributed by atoms with Crippen LogP contribution in [0.25, 0.3) is 0 Å². The molecule has 0 atom stereocenters. The predicted molar refractivity (Wildman–Crippen MR) is 52.2 cm³/mol. The largest absolute Gasteiger partial charge is 0.396 e. The Balaban J connectivity index is 2.94. The highest BCUT2D eigenvalue weighted by molar-refractivity contribution is 5.61. The van der Waals surface area contributed by atoms with Gasteiger partial charge in [-0.3, -0.25) is 0 Å². The molecule has 66 valence electrons. The zero-order valence-electron chi connectivity index (χ0n) is 7.78. The number of nitrogen functional groups attached to an aromatic ring is 1. The van der Waals surface area contributed by atoms with E-state index in [0.29, 0.717) is 6.04 Å². The predicted octanol–water partition coefficient (Wildman–Crippen LogP) is 1.51. The van der Waals surface area contributed by atoms with Crippen molar-refractivity contribution in [2.45, 2.75) is 19.9 Å². The third-order valence-electron chi connectivity index (χ3n) is 1.93. The van der Waals surface area contributed by atoms with Gasteiger partial charge in [0.1, 0.15) is 0 Å². The summed E-state index contributed by atoms with van der Waals surface area (Å²) in [5.41, 5.74) is 6.49. The summed E-state index contributed by atoms with van der Waals surface area (Å²) in [6.07, 6.45) is 1.75. The van der Waals surface area contributed by atoms with Crippen molar-refractivity contribution in [2.24, 2.45) is 0 Å². The fraction of sp³-hybridized carbons (Fsp3) is 0.444. The molecule has 1 rings (SSSR count). The Morgan fingerprint density at radius 3 is 2.67 bits per heavy atom. The second-order valence-corrected chi connectivity index (χ2v) is 3.12. The summed E-state index contributed by atoms with van der Waals surface area (Å²) < 4.78 is 0. The molecule has 2 N–H and O–H groups in total. The summed E-state index contributed by atoms with van der Waals surface area (Å²) >= 11 is 0. The maximum absolute atomic E-state index is 5.76. The van der Waals surface area contributed by atoms with Gasteiger partial charge in [0, 0.05) is 19.3 Å². The average molecular weight is 165 g/mol. The van der Waals surface area contributed by atoms with Gasteiger partial charge in [-0.2, -0.15) is 0 Å². The van der Waals surface area contributed by atoms with E-state index in [1.807, 2.05) is 19.2 Å². The van der Waals surface area contributed by atoms with E-state index >= 15 is 0 Å². The Bertz CT molecular complexity index is 258. The minimum Gasteiger partial charge on any atom is -0.396 e. The Labute approximate surface area is 73.2 Å². The number of anilines is 2. The van der Waals surface area contributed by atoms with Crippen LogP contribution in [0.15, 0.2) is 18.3 Å². The Kier molecular flexibility index (Phi) is 2.53. The minimum atomic E-state index is 0.419. The van der Waals surface area contributed by atoms with Crippen LogP contribution in [0.1, 0.15) is 13.8 Å². The Morgan fingerprint density at radius 2 is 2.17 bits per heavy atom. The van der Waals surface area contributed by atoms with Gasteiger partial charge in [-0.1, -0.05) is 0 Å². The van der Waals surface area contributed by atoms with Crippen molar-refractivity contribution < 1.29 is 0 Å². The van der Waals surface area contributed by atoms with E-state index in [9.17, 15) is 0 Å². The van der Waals surface area contributed by atoms with Crippen LogP contribution in [-0.4, -0.2) is 18.1 Å². The quantitative estimate of drug-likeness (QED) is 0.722. The average Bonchev–Trinajstić information content (AvgIpc) is 2.04. The van der Waals surface area contributed by atoms with Crippen molar-refractivity contribution >= 4 is 11.5 Å². The molecule has 0 fully saturated rings. The smallest absolute Gasteiger partial charge is 0.151 e. The fourth-order valence-corrected chi connectivity index (χ4v) is 0.949. The first-order chi connectivity index (χ1) is 5.63. The molecule has 0 bridgehead atoms. The number of hydrogen-bond donors (Lipinski definition) is 1. The van der Waals surface area contributed by atoms with Gasteiger partial charge in [0.2, 0.25) is 0 Å². The molecule has 1 aromatic rings. The molecule has 0 amide bonds. The number of aromatic nitrogens is 1. The van der Waals surface area contributed by atoms with Gasteiger partial charge >= 0.3 is 0 Å². The van der Waals surface area contributed by atoms with Gasteiger partial charge in [-0.15, -0.1) is 0 Å². The van der Waals surface area contributed by atoms with Gasteiger partial charge in [0.25, 0.3) is 0 Å². The molecule has 0 aromatic carbocycles. The van der Waals surface area contributed by atoms with Crippen LogP contribution in [0.3, 0.4) is 0 Å². The third-order valence-corrected chi connectivity index (χ3v) is 1.93. The van der Waals surface area contributed by atoms with Crippen LogP contribution in [0.4, 0.5) is 11.5 Å². The second-order valence-electron chi connectivity index (χ2n) is 3.12. The fourth-order valence-electron chi connectivity index (χ4n) is 0.949. The van der Waals surface area contributed by atoms with E-state index in [-0.39, 0.29) is 0 Å². The lowest BCUT2D eigenvalue weighted by atomic mass is 10.3. The van der Waals surface area contributed by atoms with E-state index < -0.39 is 0 Å². The zero-order chi connectivity index (χ0) is 9.14. The van der Waals surface area contributed by atoms with Crippen LogP contribution in [-0.2, 0) is 0 Å². The lowest BCUT2D eigenvalue weighted by molar-refractivity contribution is 0.744. The van der Waals surface area contributed by atoms with Crippen molar-refractivity contribution in [2.75, 3.05) is 17.7 Å². The summed E-state index contributed by atoms with van der Waals surface area (Å²) in [5.74, 6) is 0.854. The summed E-state index contributed by atoms with van der Waals surface area (Å²) in [7, 11) is 1.99. The minimum absolute atomic E-state index is 0.419. The number of pyridine rings is 1. The molecule has 1 heterocycles. The number of rotatable bonds is 2. The lowest BCUT2D eigenvalue weighted by Crippen LogP contribution is -2.27. The summed E-state index contributed by atoms with van der Waals surface area (Å²) in [5, 5.41) is 0. The van der Waals surface area contributed by atoms with E-state index in [1.54, 1.807) is 6.20 Å². The molecule has 0 saturated heterocycles. The van der Waals surface area contributed by atoms with Gasteiger partial charge in [-0.25, -0.2) is 4.98 Å². The molecule has 12 heavy (non-hydrogen) atoms. The Hall–Kier alpha value is -1.25. The molecule has 0 spiro atoms. The van der Waals surface area contributed by atoms with Crippen LogP contribution >= 0.6 is 0 Å². The third kappa shape index (κ3) is 1.67. The summed E-state index contributed by atoms with van der Waals surface area (Å²) in [4.78, 5) is 6.25. The van der Waals surface area contributed by atoms with Crippen LogP contribution in [0.5, 0.6) is 0 Å². The highest BCUT2D eigenvalue weighted by atomic mass is 15.2. The van der Waals surface area contributed by atoms with Crippen molar-refractivity contribution in [3.63, 3.8) is 0 Å². The van der Waals surface area contributed by atoms with E-state index in [2.05, 4.69) is 23.7 Å². The maximum Gasteiger partial charge on any atom is 0.151 e. The molecule has 3 heteroatoms. The molecule has 0 aliphatic rings. The number of hydrogen-bond acceptors (Lipinski definition) is 3. The molecular formula is C9H15N3. The monoisotopic (exact) mass is 165 g/mol. The van der Waals surface area contributed by atoms with Crippen LogP contribution in [0.2, 0.25) is 0 Å². The maximum atomic E-state index is 5.76. The molecular weight excluding hydrogens is 150 g/mol. The first kappa shape index (κ1) is 8.84. The van der Waals surface area contributed by atoms with E-state index in [0.717, 1.165) is 11.5 Å². The van der Waals surface area contributed by atoms with Crippen molar-refractivity contribution in [1.29, 1.82) is 0 Å². The van der Waals surface area contributed by atoms with E-state index in [4.69, 9.17) is 5.73 Å². The molecule has 0 radical (unpaired) electrons. The SMILES string of the molecule is CC(C)N(C)c1ncccc1N. The van der Waals surface area contributed by atoms with Crippen molar-refractivity contribution in [3.05, 3.63) is 18.3 Å². The summed E-state index contributed by atoms with van der Waals surface area (Å²) in [6, 6.07) is 4.12. The van der Waals surface area contributed by atoms with Gasteiger partial charge < -0.3 is 10.6 Å². The van der Waals surface area contributed by atoms with Gasteiger partial charge in [-0.05, 0) is 26.0 Å². The zero-order valence-corrected chi connectivity index (χ0v) is 7.78. The van der Waals surface area contributed by atoms with Gasteiger partial charge in [0.15, 0.2) is 5.82 Å². The molecule has 0 aliphatic carbocycles. The lowest BCUT2D eigenvalue weighted by Gasteiger charge is -2.23. The van der Waals surface area contributed by atoms with Crippen molar-refractivity contribution in [1.82, 2.24) is 4.98 Å². The van der Waals surface area contributed by atoms with Crippen molar-refractivity contribution in [3.8, 4) is 0 Å². The molecule has 0 saturated carbocycles. The number of nitrogens with two attached hydrogens (primary N) is 1. The van der Waals surface area contributed by atoms with Crippen LogP contribution < -0.4 is 10.6 Å².